The smallest absolute Gasteiger partial charge is 0.161 e. The number of hydrogen-bond donors (Lipinski definition) is 2. The van der Waals surface area contributed by atoms with Gasteiger partial charge in [-0.15, -0.1) is 0 Å². The van der Waals surface area contributed by atoms with E-state index in [2.05, 4.69) is 5.32 Å². The molecule has 0 saturated carbocycles. The summed E-state index contributed by atoms with van der Waals surface area (Å²) in [7, 11) is 0. The molecule has 0 radical (unpaired) electrons. The Morgan fingerprint density at radius 2 is 1.74 bits per heavy atom. The van der Waals surface area contributed by atoms with E-state index in [0.29, 0.717) is 24.1 Å². The Hall–Kier alpha value is -1.26. The zero-order valence-corrected chi connectivity index (χ0v) is 12.2. The summed E-state index contributed by atoms with van der Waals surface area (Å²) in [4.78, 5) is 0. The number of benzene rings is 1. The molecule has 0 spiro atoms. The maximum Gasteiger partial charge on any atom is 0.161 e. The molecule has 0 fully saturated rings. The van der Waals surface area contributed by atoms with Crippen LogP contribution in [0.3, 0.4) is 0 Å². The minimum atomic E-state index is -0.533. The first-order valence-corrected chi connectivity index (χ1v) is 6.79. The molecule has 0 aliphatic heterocycles. The molecule has 0 aliphatic rings. The summed E-state index contributed by atoms with van der Waals surface area (Å²) in [6, 6.07) is 7.86. The molecule has 0 heterocycles. The maximum atomic E-state index is 9.80. The average Bonchev–Trinajstić information content (AvgIpc) is 2.34. The summed E-state index contributed by atoms with van der Waals surface area (Å²) < 4.78 is 11.3. The van der Waals surface area contributed by atoms with Crippen molar-refractivity contribution in [3.05, 3.63) is 24.3 Å². The van der Waals surface area contributed by atoms with Gasteiger partial charge in [0.05, 0.1) is 6.10 Å². The highest BCUT2D eigenvalue weighted by atomic mass is 16.5. The Morgan fingerprint density at radius 1 is 1.11 bits per heavy atom. The number of hydrogen-bond acceptors (Lipinski definition) is 4. The number of aliphatic hydroxyl groups excluding tert-OH is 1. The largest absolute Gasteiger partial charge is 0.487 e. The van der Waals surface area contributed by atoms with E-state index >= 15 is 0 Å². The first-order chi connectivity index (χ1) is 8.99. The molecule has 4 nitrogen and oxygen atoms in total. The van der Waals surface area contributed by atoms with E-state index in [1.165, 1.54) is 0 Å². The third-order valence-electron chi connectivity index (χ3n) is 2.40. The Balaban J connectivity index is 2.48. The summed E-state index contributed by atoms with van der Waals surface area (Å²) in [5.74, 6) is 1.38. The van der Waals surface area contributed by atoms with Gasteiger partial charge in [-0.25, -0.2) is 0 Å². The van der Waals surface area contributed by atoms with Crippen molar-refractivity contribution in [1.82, 2.24) is 5.32 Å². The van der Waals surface area contributed by atoms with Gasteiger partial charge in [0.25, 0.3) is 0 Å². The van der Waals surface area contributed by atoms with Crippen LogP contribution in [0, 0.1) is 0 Å². The lowest BCUT2D eigenvalue weighted by Gasteiger charge is -2.17. The molecule has 0 aromatic heterocycles. The quantitative estimate of drug-likeness (QED) is 0.758. The van der Waals surface area contributed by atoms with Gasteiger partial charge in [0.1, 0.15) is 12.7 Å². The second-order valence-corrected chi connectivity index (χ2v) is 5.14. The molecule has 1 aromatic rings. The normalized spacial score (nSPS) is 12.8. The van der Waals surface area contributed by atoms with Gasteiger partial charge in [0.2, 0.25) is 0 Å². The molecule has 1 unspecified atom stereocenters. The maximum absolute atomic E-state index is 9.80. The van der Waals surface area contributed by atoms with Gasteiger partial charge in [-0.3, -0.25) is 0 Å². The molecule has 108 valence electrons. The lowest BCUT2D eigenvalue weighted by atomic mass is 10.3. The van der Waals surface area contributed by atoms with Gasteiger partial charge in [-0.1, -0.05) is 26.0 Å². The number of nitrogens with one attached hydrogen (secondary N) is 1. The van der Waals surface area contributed by atoms with Crippen LogP contribution in [0.25, 0.3) is 0 Å². The van der Waals surface area contributed by atoms with E-state index in [0.717, 1.165) is 0 Å². The summed E-state index contributed by atoms with van der Waals surface area (Å²) in [6.45, 7) is 8.79. The predicted molar refractivity (Wildman–Crippen MR) is 76.8 cm³/mol. The van der Waals surface area contributed by atoms with Gasteiger partial charge in [0.15, 0.2) is 11.5 Å². The van der Waals surface area contributed by atoms with Crippen LogP contribution in [-0.4, -0.2) is 36.5 Å². The summed E-state index contributed by atoms with van der Waals surface area (Å²) in [6.07, 6.45) is -0.438. The zero-order valence-electron chi connectivity index (χ0n) is 12.2. The van der Waals surface area contributed by atoms with Crippen molar-refractivity contribution in [2.24, 2.45) is 0 Å². The van der Waals surface area contributed by atoms with Crippen LogP contribution < -0.4 is 14.8 Å². The van der Waals surface area contributed by atoms with Crippen LogP contribution >= 0.6 is 0 Å². The Morgan fingerprint density at radius 3 is 2.32 bits per heavy atom. The topological polar surface area (TPSA) is 50.7 Å². The molecular formula is C15H25NO3. The molecule has 19 heavy (non-hydrogen) atoms. The van der Waals surface area contributed by atoms with Crippen molar-refractivity contribution in [3.63, 3.8) is 0 Å². The van der Waals surface area contributed by atoms with Gasteiger partial charge >= 0.3 is 0 Å². The molecule has 0 amide bonds. The van der Waals surface area contributed by atoms with Crippen molar-refractivity contribution in [2.75, 3.05) is 13.2 Å². The van der Waals surface area contributed by atoms with Crippen molar-refractivity contribution in [2.45, 2.75) is 45.9 Å². The SMILES string of the molecule is CC(C)NCC(O)COc1ccccc1OC(C)C. The minimum absolute atomic E-state index is 0.0947. The Labute approximate surface area is 115 Å². The second-order valence-electron chi connectivity index (χ2n) is 5.14. The minimum Gasteiger partial charge on any atom is -0.487 e. The summed E-state index contributed by atoms with van der Waals surface area (Å²) in [5, 5.41) is 13.0. The standard InChI is InChI=1S/C15H25NO3/c1-11(2)16-9-13(17)10-18-14-7-5-6-8-15(14)19-12(3)4/h5-8,11-13,16-17H,9-10H2,1-4H3. The zero-order chi connectivity index (χ0) is 14.3. The first kappa shape index (κ1) is 15.8. The van der Waals surface area contributed by atoms with Crippen LogP contribution in [0.5, 0.6) is 11.5 Å². The molecule has 1 rings (SSSR count). The van der Waals surface area contributed by atoms with Crippen molar-refractivity contribution >= 4 is 0 Å². The first-order valence-electron chi connectivity index (χ1n) is 6.79. The van der Waals surface area contributed by atoms with Crippen molar-refractivity contribution < 1.29 is 14.6 Å². The molecule has 0 bridgehead atoms. The lowest BCUT2D eigenvalue weighted by Crippen LogP contribution is -2.35. The lowest BCUT2D eigenvalue weighted by molar-refractivity contribution is 0.101. The number of ether oxygens (including phenoxy) is 2. The van der Waals surface area contributed by atoms with E-state index in [1.54, 1.807) is 0 Å². The van der Waals surface area contributed by atoms with Crippen LogP contribution in [0.4, 0.5) is 0 Å². The summed E-state index contributed by atoms with van der Waals surface area (Å²) >= 11 is 0. The molecule has 0 saturated heterocycles. The molecule has 0 aliphatic carbocycles. The van der Waals surface area contributed by atoms with E-state index in [-0.39, 0.29) is 12.7 Å². The monoisotopic (exact) mass is 267 g/mol. The molecule has 1 atom stereocenters. The van der Waals surface area contributed by atoms with E-state index in [1.807, 2.05) is 52.0 Å². The Kier molecular flexibility index (Phi) is 6.67. The fourth-order valence-corrected chi connectivity index (χ4v) is 1.54. The van der Waals surface area contributed by atoms with Crippen molar-refractivity contribution in [1.29, 1.82) is 0 Å². The highest BCUT2D eigenvalue weighted by molar-refractivity contribution is 5.39. The third-order valence-corrected chi connectivity index (χ3v) is 2.40. The fourth-order valence-electron chi connectivity index (χ4n) is 1.54. The van der Waals surface area contributed by atoms with E-state index in [9.17, 15) is 5.11 Å². The molecule has 4 heteroatoms. The van der Waals surface area contributed by atoms with Gasteiger partial charge < -0.3 is 19.9 Å². The van der Waals surface area contributed by atoms with Crippen LogP contribution in [0.15, 0.2) is 24.3 Å². The van der Waals surface area contributed by atoms with Crippen LogP contribution in [-0.2, 0) is 0 Å². The second kappa shape index (κ2) is 8.02. The number of para-hydroxylation sites is 2. The van der Waals surface area contributed by atoms with Crippen LogP contribution in [0.1, 0.15) is 27.7 Å². The third kappa shape index (κ3) is 6.45. The highest BCUT2D eigenvalue weighted by Crippen LogP contribution is 2.27. The molecule has 1 aromatic carbocycles. The highest BCUT2D eigenvalue weighted by Gasteiger charge is 2.10. The average molecular weight is 267 g/mol. The van der Waals surface area contributed by atoms with E-state index < -0.39 is 6.10 Å². The summed E-state index contributed by atoms with van der Waals surface area (Å²) in [5.41, 5.74) is 0. The molecular weight excluding hydrogens is 242 g/mol. The fraction of sp³-hybridized carbons (Fsp3) is 0.600. The van der Waals surface area contributed by atoms with Gasteiger partial charge in [-0.2, -0.15) is 0 Å². The predicted octanol–water partition coefficient (Wildman–Crippen LogP) is 2.21. The van der Waals surface area contributed by atoms with Crippen LogP contribution in [0.2, 0.25) is 0 Å². The molecule has 2 N–H and O–H groups in total. The van der Waals surface area contributed by atoms with Crippen molar-refractivity contribution in [3.8, 4) is 11.5 Å². The number of aliphatic hydroxyl groups is 1. The van der Waals surface area contributed by atoms with Gasteiger partial charge in [-0.05, 0) is 26.0 Å². The number of rotatable bonds is 8. The van der Waals surface area contributed by atoms with E-state index in [4.69, 9.17) is 9.47 Å². The Bertz CT molecular complexity index is 366. The van der Waals surface area contributed by atoms with Gasteiger partial charge in [0, 0.05) is 12.6 Å².